The fourth-order valence-electron chi connectivity index (χ4n) is 14.3. The van der Waals surface area contributed by atoms with E-state index in [1.807, 2.05) is 152 Å². The van der Waals surface area contributed by atoms with Crippen LogP contribution in [0.5, 0.6) is 0 Å². The molecule has 0 N–H and O–H groups in total. The van der Waals surface area contributed by atoms with Gasteiger partial charge in [-0.15, -0.1) is 0 Å². The molecule has 0 aliphatic heterocycles. The number of benzene rings is 7. The zero-order chi connectivity index (χ0) is 52.6. The van der Waals surface area contributed by atoms with E-state index in [9.17, 15) is 0 Å². The van der Waals surface area contributed by atoms with Crippen LogP contribution in [0.4, 0.5) is 0 Å². The van der Waals surface area contributed by atoms with Crippen LogP contribution in [0.2, 0.25) is 0 Å². The van der Waals surface area contributed by atoms with Gasteiger partial charge in [-0.3, -0.25) is 0 Å². The van der Waals surface area contributed by atoms with E-state index in [0.29, 0.717) is 58.3 Å². The SMILES string of the molecule is CC(C)c1c(-c2ncccn2)c(-c2ccc(-c3nc(-c4ccccc4)nc(-c4ccccc4)n3)cc2)cc2c1-c1ccc(-c3nccc(-c4nc(-c5ccccc5)nc(-c5ccccc5)n4)n3)cc1C21C2CC3CC(C2)CC1C3. The number of aromatic nitrogens is 10. The van der Waals surface area contributed by atoms with Gasteiger partial charge in [0.05, 0.1) is 0 Å². The van der Waals surface area contributed by atoms with Gasteiger partial charge in [0.2, 0.25) is 0 Å². The number of rotatable bonds is 10. The molecule has 5 aliphatic rings. The van der Waals surface area contributed by atoms with E-state index >= 15 is 0 Å². The molecule has 0 saturated heterocycles. The van der Waals surface area contributed by atoms with Crippen molar-refractivity contribution in [2.24, 2.45) is 23.7 Å². The Balaban J connectivity index is 0.894. The normalized spacial score (nSPS) is 19.4. The lowest BCUT2D eigenvalue weighted by Gasteiger charge is -2.61. The van der Waals surface area contributed by atoms with Crippen LogP contribution in [0.1, 0.15) is 68.6 Å². The number of fused-ring (bicyclic) bond motifs is 3. The second kappa shape index (κ2) is 19.0. The van der Waals surface area contributed by atoms with E-state index < -0.39 is 0 Å². The van der Waals surface area contributed by atoms with E-state index in [4.69, 9.17) is 49.8 Å². The summed E-state index contributed by atoms with van der Waals surface area (Å²) in [4.78, 5) is 50.6. The summed E-state index contributed by atoms with van der Waals surface area (Å²) in [6, 6.07) is 62.8. The lowest BCUT2D eigenvalue weighted by Crippen LogP contribution is -2.55. The van der Waals surface area contributed by atoms with E-state index in [2.05, 4.69) is 62.4 Å². The molecule has 79 heavy (non-hydrogen) atoms. The van der Waals surface area contributed by atoms with Crippen molar-refractivity contribution in [2.45, 2.75) is 57.3 Å². The minimum absolute atomic E-state index is 0.145. The molecular weight excluding hydrogens is 969 g/mol. The first kappa shape index (κ1) is 47.0. The zero-order valence-electron chi connectivity index (χ0n) is 43.9. The summed E-state index contributed by atoms with van der Waals surface area (Å²) in [5.41, 5.74) is 16.2. The highest BCUT2D eigenvalue weighted by atomic mass is 15.1. The highest BCUT2D eigenvalue weighted by molar-refractivity contribution is 5.96. The molecule has 0 atom stereocenters. The van der Waals surface area contributed by atoms with Gasteiger partial charge in [-0.2, -0.15) is 0 Å². The van der Waals surface area contributed by atoms with Crippen LogP contribution in [-0.4, -0.2) is 49.8 Å². The van der Waals surface area contributed by atoms with Crippen LogP contribution in [0.25, 0.3) is 113 Å². The Kier molecular flexibility index (Phi) is 11.3. The molecule has 4 fully saturated rings. The van der Waals surface area contributed by atoms with Crippen molar-refractivity contribution >= 4 is 0 Å². The third-order valence-corrected chi connectivity index (χ3v) is 17.3. The smallest absolute Gasteiger partial charge is 0.182 e. The maximum Gasteiger partial charge on any atom is 0.182 e. The molecule has 1 spiro atoms. The fraction of sp³-hybridized carbons (Fsp3) is 0.188. The van der Waals surface area contributed by atoms with Gasteiger partial charge in [-0.05, 0) is 125 Å². The summed E-state index contributed by atoms with van der Waals surface area (Å²) in [6.07, 6.45) is 11.9. The molecular formula is C69H54N10. The Morgan fingerprint density at radius 2 is 0.785 bits per heavy atom. The first-order valence-electron chi connectivity index (χ1n) is 27.7. The standard InChI is InChI=1S/C69H54N10/c1-41(2)58-59-53-29-28-50(61-72-33-30-57(73-61)67-78-64(47-20-11-5-12-21-47)77-65(79-67)48-22-13-6-14-23-48)39-55(53)69(51-35-42-34-43(37-51)38-52(69)36-42)56(59)40-54(60(58)68-70-31-15-32-71-68)44-24-26-49(27-25-44)66-75-62(45-16-7-3-8-17-45)74-63(76-66)46-18-9-4-10-19-46/h3-33,39-43,51-52H,34-38H2,1-2H3. The summed E-state index contributed by atoms with van der Waals surface area (Å²) < 4.78 is 0. The predicted molar refractivity (Wildman–Crippen MR) is 311 cm³/mol. The summed E-state index contributed by atoms with van der Waals surface area (Å²) in [5.74, 6) is 7.63. The van der Waals surface area contributed by atoms with Crippen molar-refractivity contribution < 1.29 is 0 Å². The van der Waals surface area contributed by atoms with Crippen LogP contribution in [0, 0.1) is 23.7 Å². The van der Waals surface area contributed by atoms with Crippen molar-refractivity contribution in [2.75, 3.05) is 0 Å². The fourth-order valence-corrected chi connectivity index (χ4v) is 14.3. The highest BCUT2D eigenvalue weighted by Gasteiger charge is 2.62. The van der Waals surface area contributed by atoms with Crippen molar-refractivity contribution in [1.29, 1.82) is 0 Å². The molecule has 16 rings (SSSR count). The van der Waals surface area contributed by atoms with E-state index in [-0.39, 0.29) is 11.3 Å². The third kappa shape index (κ3) is 7.99. The minimum Gasteiger partial charge on any atom is -0.237 e. The Labute approximate surface area is 459 Å². The third-order valence-electron chi connectivity index (χ3n) is 17.3. The Morgan fingerprint density at radius 3 is 1.28 bits per heavy atom. The van der Waals surface area contributed by atoms with Gasteiger partial charge in [-0.25, -0.2) is 49.8 Å². The molecule has 0 radical (unpaired) electrons. The van der Waals surface area contributed by atoms with E-state index in [1.165, 1.54) is 59.9 Å². The Bertz CT molecular complexity index is 3950. The van der Waals surface area contributed by atoms with Gasteiger partial charge < -0.3 is 0 Å². The van der Waals surface area contributed by atoms with Gasteiger partial charge in [0.25, 0.3) is 0 Å². The Morgan fingerprint density at radius 1 is 0.342 bits per heavy atom. The second-order valence-corrected chi connectivity index (χ2v) is 22.2. The van der Waals surface area contributed by atoms with E-state index in [0.717, 1.165) is 67.7 Å². The van der Waals surface area contributed by atoms with Gasteiger partial charge in [0.1, 0.15) is 5.69 Å². The molecule has 10 nitrogen and oxygen atoms in total. The maximum absolute atomic E-state index is 5.31. The molecule has 4 heterocycles. The topological polar surface area (TPSA) is 129 Å². The molecule has 5 aliphatic carbocycles. The zero-order valence-corrected chi connectivity index (χ0v) is 43.9. The van der Waals surface area contributed by atoms with Gasteiger partial charge >= 0.3 is 0 Å². The van der Waals surface area contributed by atoms with Gasteiger partial charge in [0.15, 0.2) is 46.6 Å². The van der Waals surface area contributed by atoms with Crippen LogP contribution < -0.4 is 0 Å². The van der Waals surface area contributed by atoms with Gasteiger partial charge in [-0.1, -0.05) is 172 Å². The molecule has 380 valence electrons. The number of nitrogens with zero attached hydrogens (tertiary/aromatic N) is 10. The van der Waals surface area contributed by atoms with Crippen LogP contribution in [0.15, 0.2) is 201 Å². The molecule has 4 bridgehead atoms. The first-order chi connectivity index (χ1) is 38.9. The van der Waals surface area contributed by atoms with E-state index in [1.54, 1.807) is 0 Å². The van der Waals surface area contributed by atoms with Gasteiger partial charge in [0, 0.05) is 62.9 Å². The summed E-state index contributed by atoms with van der Waals surface area (Å²) in [6.45, 7) is 4.68. The van der Waals surface area contributed by atoms with Crippen LogP contribution in [0.3, 0.4) is 0 Å². The quantitative estimate of drug-likeness (QED) is 0.131. The van der Waals surface area contributed by atoms with Crippen molar-refractivity contribution in [3.05, 3.63) is 217 Å². The Hall–Kier alpha value is -9.28. The predicted octanol–water partition coefficient (Wildman–Crippen LogP) is 15.5. The molecule has 7 aromatic carbocycles. The summed E-state index contributed by atoms with van der Waals surface area (Å²) in [5, 5.41) is 0. The van der Waals surface area contributed by atoms with Crippen molar-refractivity contribution in [3.63, 3.8) is 0 Å². The molecule has 4 aromatic heterocycles. The molecule has 0 amide bonds. The minimum atomic E-state index is -0.198. The van der Waals surface area contributed by atoms with Crippen molar-refractivity contribution in [3.8, 4) is 113 Å². The van der Waals surface area contributed by atoms with Crippen LogP contribution in [-0.2, 0) is 5.41 Å². The lowest BCUT2D eigenvalue weighted by molar-refractivity contribution is -0.0399. The summed E-state index contributed by atoms with van der Waals surface area (Å²) in [7, 11) is 0. The molecule has 4 saturated carbocycles. The summed E-state index contributed by atoms with van der Waals surface area (Å²) >= 11 is 0. The molecule has 10 heteroatoms. The average Bonchev–Trinajstić information content (AvgIpc) is 2.68. The first-order valence-corrected chi connectivity index (χ1v) is 27.7. The molecule has 11 aromatic rings. The largest absolute Gasteiger partial charge is 0.237 e. The maximum atomic E-state index is 5.31. The lowest BCUT2D eigenvalue weighted by atomic mass is 9.43. The second-order valence-electron chi connectivity index (χ2n) is 22.2. The average molecular weight is 1020 g/mol. The monoisotopic (exact) mass is 1020 g/mol. The van der Waals surface area contributed by atoms with Crippen molar-refractivity contribution in [1.82, 2.24) is 49.8 Å². The highest BCUT2D eigenvalue weighted by Crippen LogP contribution is 2.71. The number of hydrogen-bond donors (Lipinski definition) is 0. The number of hydrogen-bond acceptors (Lipinski definition) is 10. The molecule has 0 unspecified atom stereocenters. The van der Waals surface area contributed by atoms with Crippen LogP contribution >= 0.6 is 0 Å².